The standard InChI is InChI=1S/C16H13N3O2S2/c1-20-9-6-7-12-10(8-9)17-15(22-12)19-16-18-14-11(21-2)4-3-5-13(14)23-16/h3-8H,1-2H3,(H,17,18,19). The highest BCUT2D eigenvalue weighted by atomic mass is 32.1. The molecule has 0 bridgehead atoms. The second kappa shape index (κ2) is 5.68. The normalized spacial score (nSPS) is 11.0. The molecule has 0 amide bonds. The Morgan fingerprint density at radius 3 is 2.57 bits per heavy atom. The maximum atomic E-state index is 5.35. The third-order valence-corrected chi connectivity index (χ3v) is 5.30. The van der Waals surface area contributed by atoms with Gasteiger partial charge in [-0.1, -0.05) is 28.7 Å². The van der Waals surface area contributed by atoms with E-state index in [1.54, 1.807) is 36.9 Å². The predicted molar refractivity (Wildman–Crippen MR) is 95.6 cm³/mol. The maximum Gasteiger partial charge on any atom is 0.190 e. The van der Waals surface area contributed by atoms with Crippen molar-refractivity contribution < 1.29 is 9.47 Å². The lowest BCUT2D eigenvalue weighted by Gasteiger charge is -1.98. The Morgan fingerprint density at radius 2 is 1.74 bits per heavy atom. The number of thiazole rings is 2. The molecule has 1 N–H and O–H groups in total. The minimum Gasteiger partial charge on any atom is -0.497 e. The molecular weight excluding hydrogens is 330 g/mol. The van der Waals surface area contributed by atoms with Crippen LogP contribution in [0, 0.1) is 0 Å². The molecule has 4 aromatic rings. The number of anilines is 2. The first-order valence-corrected chi connectivity index (χ1v) is 8.55. The number of aromatic nitrogens is 2. The van der Waals surface area contributed by atoms with Crippen LogP contribution in [0.2, 0.25) is 0 Å². The van der Waals surface area contributed by atoms with Crippen LogP contribution < -0.4 is 14.8 Å². The molecule has 2 aromatic carbocycles. The zero-order valence-corrected chi connectivity index (χ0v) is 14.1. The Bertz CT molecular complexity index is 993. The molecule has 0 aliphatic carbocycles. The minimum atomic E-state index is 0.779. The van der Waals surface area contributed by atoms with Crippen LogP contribution in [-0.2, 0) is 0 Å². The van der Waals surface area contributed by atoms with Crippen molar-refractivity contribution in [2.45, 2.75) is 0 Å². The highest BCUT2D eigenvalue weighted by Crippen LogP contribution is 2.35. The van der Waals surface area contributed by atoms with Gasteiger partial charge in [0.1, 0.15) is 17.0 Å². The molecule has 0 saturated heterocycles. The molecule has 2 heterocycles. The number of ether oxygens (including phenoxy) is 2. The lowest BCUT2D eigenvalue weighted by molar-refractivity contribution is 0.415. The first-order valence-electron chi connectivity index (χ1n) is 6.92. The summed E-state index contributed by atoms with van der Waals surface area (Å²) in [4.78, 5) is 9.20. The second-order valence-electron chi connectivity index (χ2n) is 4.80. The molecule has 5 nitrogen and oxygen atoms in total. The Morgan fingerprint density at radius 1 is 0.913 bits per heavy atom. The Labute approximate surface area is 140 Å². The van der Waals surface area contributed by atoms with Crippen molar-refractivity contribution in [3.05, 3.63) is 36.4 Å². The Kier molecular flexibility index (Phi) is 3.51. The smallest absolute Gasteiger partial charge is 0.190 e. The molecule has 0 aliphatic rings. The van der Waals surface area contributed by atoms with E-state index in [1.807, 2.05) is 36.4 Å². The summed E-state index contributed by atoms with van der Waals surface area (Å²) < 4.78 is 12.8. The van der Waals surface area contributed by atoms with E-state index in [0.717, 1.165) is 42.2 Å². The van der Waals surface area contributed by atoms with Gasteiger partial charge in [0.2, 0.25) is 0 Å². The number of benzene rings is 2. The van der Waals surface area contributed by atoms with Gasteiger partial charge in [0.25, 0.3) is 0 Å². The van der Waals surface area contributed by atoms with E-state index in [9.17, 15) is 0 Å². The van der Waals surface area contributed by atoms with Crippen LogP contribution in [0.5, 0.6) is 11.5 Å². The molecule has 0 unspecified atom stereocenters. The number of para-hydroxylation sites is 1. The van der Waals surface area contributed by atoms with E-state index >= 15 is 0 Å². The fraction of sp³-hybridized carbons (Fsp3) is 0.125. The van der Waals surface area contributed by atoms with Gasteiger partial charge >= 0.3 is 0 Å². The zero-order chi connectivity index (χ0) is 15.8. The lowest BCUT2D eigenvalue weighted by Crippen LogP contribution is -1.88. The van der Waals surface area contributed by atoms with Crippen LogP contribution in [0.4, 0.5) is 10.3 Å². The van der Waals surface area contributed by atoms with Gasteiger partial charge in [0.15, 0.2) is 10.3 Å². The topological polar surface area (TPSA) is 56.3 Å². The van der Waals surface area contributed by atoms with Crippen LogP contribution in [-0.4, -0.2) is 24.2 Å². The molecule has 7 heteroatoms. The van der Waals surface area contributed by atoms with E-state index in [4.69, 9.17) is 9.47 Å². The largest absolute Gasteiger partial charge is 0.497 e. The van der Waals surface area contributed by atoms with E-state index in [1.165, 1.54) is 0 Å². The summed E-state index contributed by atoms with van der Waals surface area (Å²) in [5, 5.41) is 4.90. The van der Waals surface area contributed by atoms with Crippen molar-refractivity contribution in [1.82, 2.24) is 9.97 Å². The van der Waals surface area contributed by atoms with Crippen molar-refractivity contribution in [3.8, 4) is 11.5 Å². The number of hydrogen-bond acceptors (Lipinski definition) is 7. The fourth-order valence-electron chi connectivity index (χ4n) is 2.32. The van der Waals surface area contributed by atoms with E-state index in [0.29, 0.717) is 0 Å². The second-order valence-corrected chi connectivity index (χ2v) is 6.87. The van der Waals surface area contributed by atoms with Crippen LogP contribution in [0.1, 0.15) is 0 Å². The highest BCUT2D eigenvalue weighted by molar-refractivity contribution is 7.24. The summed E-state index contributed by atoms with van der Waals surface area (Å²) in [5.41, 5.74) is 1.78. The van der Waals surface area contributed by atoms with Crippen molar-refractivity contribution in [2.75, 3.05) is 19.5 Å². The van der Waals surface area contributed by atoms with E-state index in [-0.39, 0.29) is 0 Å². The van der Waals surface area contributed by atoms with Crippen molar-refractivity contribution in [1.29, 1.82) is 0 Å². The van der Waals surface area contributed by atoms with E-state index < -0.39 is 0 Å². The van der Waals surface area contributed by atoms with Crippen LogP contribution in [0.15, 0.2) is 36.4 Å². The number of rotatable bonds is 4. The SMILES string of the molecule is COc1ccc2sc(Nc3nc4c(OC)cccc4s3)nc2c1. The minimum absolute atomic E-state index is 0.779. The fourth-order valence-corrected chi connectivity index (χ4v) is 4.11. The molecular formula is C16H13N3O2S2. The lowest BCUT2D eigenvalue weighted by atomic mass is 10.3. The summed E-state index contributed by atoms with van der Waals surface area (Å²) in [7, 11) is 3.31. The number of fused-ring (bicyclic) bond motifs is 2. The molecule has 4 rings (SSSR count). The van der Waals surface area contributed by atoms with Gasteiger partial charge < -0.3 is 14.8 Å². The summed E-state index contributed by atoms with van der Waals surface area (Å²) in [6.07, 6.45) is 0. The van der Waals surface area contributed by atoms with Gasteiger partial charge in [0, 0.05) is 6.07 Å². The molecule has 0 radical (unpaired) electrons. The molecule has 0 atom stereocenters. The number of hydrogen-bond donors (Lipinski definition) is 1. The first kappa shape index (κ1) is 14.2. The molecule has 116 valence electrons. The van der Waals surface area contributed by atoms with Gasteiger partial charge in [-0.2, -0.15) is 0 Å². The molecule has 0 saturated carbocycles. The average Bonchev–Trinajstić information content (AvgIpc) is 3.16. The monoisotopic (exact) mass is 343 g/mol. The summed E-state index contributed by atoms with van der Waals surface area (Å²) in [6.45, 7) is 0. The van der Waals surface area contributed by atoms with Gasteiger partial charge in [0.05, 0.1) is 29.1 Å². The van der Waals surface area contributed by atoms with Crippen LogP contribution in [0.25, 0.3) is 20.4 Å². The maximum absolute atomic E-state index is 5.35. The summed E-state index contributed by atoms with van der Waals surface area (Å²) >= 11 is 3.17. The van der Waals surface area contributed by atoms with Gasteiger partial charge in [-0.25, -0.2) is 9.97 Å². The van der Waals surface area contributed by atoms with Crippen molar-refractivity contribution in [2.24, 2.45) is 0 Å². The van der Waals surface area contributed by atoms with Crippen LogP contribution in [0.3, 0.4) is 0 Å². The Hall–Kier alpha value is -2.38. The molecule has 2 aromatic heterocycles. The highest BCUT2D eigenvalue weighted by Gasteiger charge is 2.11. The van der Waals surface area contributed by atoms with Crippen molar-refractivity contribution in [3.63, 3.8) is 0 Å². The van der Waals surface area contributed by atoms with E-state index in [2.05, 4.69) is 15.3 Å². The molecule has 0 spiro atoms. The molecule has 23 heavy (non-hydrogen) atoms. The average molecular weight is 343 g/mol. The van der Waals surface area contributed by atoms with Gasteiger partial charge in [-0.15, -0.1) is 0 Å². The summed E-state index contributed by atoms with van der Waals surface area (Å²) in [5.74, 6) is 1.58. The van der Waals surface area contributed by atoms with Crippen LogP contribution >= 0.6 is 22.7 Å². The third kappa shape index (κ3) is 2.58. The Balaban J connectivity index is 1.70. The zero-order valence-electron chi connectivity index (χ0n) is 12.5. The molecule has 0 aliphatic heterocycles. The quantitative estimate of drug-likeness (QED) is 0.584. The van der Waals surface area contributed by atoms with Gasteiger partial charge in [-0.05, 0) is 24.3 Å². The number of nitrogens with zero attached hydrogens (tertiary/aromatic N) is 2. The van der Waals surface area contributed by atoms with Gasteiger partial charge in [-0.3, -0.25) is 0 Å². The molecule has 0 fully saturated rings. The third-order valence-electron chi connectivity index (χ3n) is 3.41. The number of methoxy groups -OCH3 is 2. The van der Waals surface area contributed by atoms with Crippen molar-refractivity contribution >= 4 is 53.4 Å². The summed E-state index contributed by atoms with van der Waals surface area (Å²) in [6, 6.07) is 11.8. The first-order chi connectivity index (χ1) is 11.3. The number of nitrogens with one attached hydrogen (secondary N) is 1. The predicted octanol–water partition coefficient (Wildman–Crippen LogP) is 4.67.